The highest BCUT2D eigenvalue weighted by atomic mass is 35.5. The van der Waals surface area contributed by atoms with Crippen LogP contribution in [-0.2, 0) is 0 Å². The Morgan fingerprint density at radius 3 is 2.47 bits per heavy atom. The number of rotatable bonds is 2. The summed E-state index contributed by atoms with van der Waals surface area (Å²) in [6, 6.07) is 1.14. The Kier molecular flexibility index (Phi) is 4.96. The first-order valence-electron chi connectivity index (χ1n) is 3.83. The van der Waals surface area contributed by atoms with E-state index in [-0.39, 0.29) is 18.0 Å². The van der Waals surface area contributed by atoms with Crippen molar-refractivity contribution in [3.63, 3.8) is 0 Å². The molecule has 86 valence electrons. The Bertz CT molecular complexity index is 316. The largest absolute Gasteiger partial charge is 0.390 e. The molecule has 0 aliphatic rings. The van der Waals surface area contributed by atoms with Crippen molar-refractivity contribution in [1.82, 2.24) is 4.98 Å². The van der Waals surface area contributed by atoms with E-state index in [9.17, 15) is 17.6 Å². The highest BCUT2D eigenvalue weighted by Gasteiger charge is 2.31. The van der Waals surface area contributed by atoms with Gasteiger partial charge >= 0.3 is 6.18 Å². The number of pyridine rings is 1. The van der Waals surface area contributed by atoms with Gasteiger partial charge in [0.25, 0.3) is 0 Å². The van der Waals surface area contributed by atoms with Crippen molar-refractivity contribution in [2.45, 2.75) is 18.6 Å². The van der Waals surface area contributed by atoms with Crippen LogP contribution in [0.15, 0.2) is 18.3 Å². The quantitative estimate of drug-likeness (QED) is 0.642. The molecular formula is C8H9ClF4N2. The molecule has 0 spiro atoms. The van der Waals surface area contributed by atoms with Crippen molar-refractivity contribution in [2.24, 2.45) is 5.73 Å². The third kappa shape index (κ3) is 4.44. The fourth-order valence-electron chi connectivity index (χ4n) is 1.03. The molecular weight excluding hydrogens is 236 g/mol. The Morgan fingerprint density at radius 2 is 2.00 bits per heavy atom. The molecule has 2 N–H and O–H groups in total. The third-order valence-electron chi connectivity index (χ3n) is 1.64. The molecule has 15 heavy (non-hydrogen) atoms. The molecule has 0 fully saturated rings. The van der Waals surface area contributed by atoms with Crippen LogP contribution in [0.4, 0.5) is 17.6 Å². The van der Waals surface area contributed by atoms with Gasteiger partial charge in [-0.25, -0.2) is 4.98 Å². The summed E-state index contributed by atoms with van der Waals surface area (Å²) in [5.41, 5.74) is 4.96. The molecule has 2 nitrogen and oxygen atoms in total. The summed E-state index contributed by atoms with van der Waals surface area (Å²) < 4.78 is 48.6. The fraction of sp³-hybridized carbons (Fsp3) is 0.375. The first-order chi connectivity index (χ1) is 6.40. The Hall–Kier alpha value is -0.880. The van der Waals surface area contributed by atoms with Gasteiger partial charge in [-0.1, -0.05) is 6.07 Å². The normalized spacial score (nSPS) is 13.1. The number of halogens is 5. The van der Waals surface area contributed by atoms with Gasteiger partial charge in [-0.3, -0.25) is 0 Å². The van der Waals surface area contributed by atoms with E-state index in [0.717, 1.165) is 6.20 Å². The average Bonchev–Trinajstić information content (AvgIpc) is 2.01. The van der Waals surface area contributed by atoms with Crippen LogP contribution in [0.5, 0.6) is 0 Å². The van der Waals surface area contributed by atoms with E-state index < -0.39 is 24.6 Å². The molecule has 0 saturated heterocycles. The smallest absolute Gasteiger partial charge is 0.324 e. The minimum absolute atomic E-state index is 0. The molecule has 0 aromatic carbocycles. The summed E-state index contributed by atoms with van der Waals surface area (Å²) in [4.78, 5) is 3.22. The van der Waals surface area contributed by atoms with Crippen LogP contribution in [0, 0.1) is 5.95 Å². The lowest BCUT2D eigenvalue weighted by Gasteiger charge is -2.14. The molecule has 7 heteroatoms. The highest BCUT2D eigenvalue weighted by Crippen LogP contribution is 2.28. The van der Waals surface area contributed by atoms with Crippen LogP contribution in [-0.4, -0.2) is 11.2 Å². The average molecular weight is 245 g/mol. The van der Waals surface area contributed by atoms with E-state index in [2.05, 4.69) is 4.98 Å². The van der Waals surface area contributed by atoms with Gasteiger partial charge in [0, 0.05) is 17.8 Å². The number of nitrogens with two attached hydrogens (primary N) is 1. The van der Waals surface area contributed by atoms with E-state index >= 15 is 0 Å². The van der Waals surface area contributed by atoms with Crippen LogP contribution in [0.1, 0.15) is 18.0 Å². The minimum Gasteiger partial charge on any atom is -0.324 e. The van der Waals surface area contributed by atoms with Crippen molar-refractivity contribution in [3.05, 3.63) is 29.8 Å². The Labute approximate surface area is 89.9 Å². The van der Waals surface area contributed by atoms with E-state index in [0.29, 0.717) is 0 Å². The van der Waals surface area contributed by atoms with Gasteiger partial charge in [0.1, 0.15) is 0 Å². The monoisotopic (exact) mass is 244 g/mol. The lowest BCUT2D eigenvalue weighted by atomic mass is 10.1. The van der Waals surface area contributed by atoms with Gasteiger partial charge in [0.15, 0.2) is 0 Å². The summed E-state index contributed by atoms with van der Waals surface area (Å²) in [5, 5.41) is 0. The number of alkyl halides is 3. The molecule has 1 aromatic rings. The zero-order valence-electron chi connectivity index (χ0n) is 7.46. The highest BCUT2D eigenvalue weighted by molar-refractivity contribution is 5.85. The molecule has 1 heterocycles. The van der Waals surface area contributed by atoms with Crippen molar-refractivity contribution >= 4 is 12.4 Å². The van der Waals surface area contributed by atoms with Crippen molar-refractivity contribution < 1.29 is 17.6 Å². The van der Waals surface area contributed by atoms with Crippen LogP contribution in [0.25, 0.3) is 0 Å². The molecule has 1 rings (SSSR count). The molecule has 0 amide bonds. The topological polar surface area (TPSA) is 38.9 Å². The maximum absolute atomic E-state index is 12.9. The van der Waals surface area contributed by atoms with Gasteiger partial charge < -0.3 is 5.73 Å². The lowest BCUT2D eigenvalue weighted by molar-refractivity contribution is -0.138. The first-order valence-corrected chi connectivity index (χ1v) is 3.83. The van der Waals surface area contributed by atoms with Gasteiger partial charge in [0.2, 0.25) is 5.95 Å². The van der Waals surface area contributed by atoms with Crippen LogP contribution in [0.3, 0.4) is 0 Å². The summed E-state index contributed by atoms with van der Waals surface area (Å²) >= 11 is 0. The Morgan fingerprint density at radius 1 is 1.40 bits per heavy atom. The zero-order chi connectivity index (χ0) is 10.8. The maximum atomic E-state index is 12.9. The lowest BCUT2D eigenvalue weighted by Crippen LogP contribution is -2.21. The van der Waals surface area contributed by atoms with Gasteiger partial charge in [-0.05, 0) is 6.07 Å². The standard InChI is InChI=1S/C8H8F4N2.ClH/c9-7-5(2-1-3-14-7)6(13)4-8(10,11)12;/h1-3,6H,4,13H2;1H/t6-;/m0./s1. The molecule has 0 saturated carbocycles. The molecule has 0 unspecified atom stereocenters. The molecule has 0 radical (unpaired) electrons. The molecule has 0 aliphatic heterocycles. The number of aromatic nitrogens is 1. The van der Waals surface area contributed by atoms with Gasteiger partial charge in [-0.2, -0.15) is 17.6 Å². The molecule has 1 aromatic heterocycles. The summed E-state index contributed by atoms with van der Waals surface area (Å²) in [6.07, 6.45) is -4.50. The van der Waals surface area contributed by atoms with Gasteiger partial charge in [0.05, 0.1) is 6.42 Å². The second-order valence-electron chi connectivity index (χ2n) is 2.81. The second-order valence-corrected chi connectivity index (χ2v) is 2.81. The van der Waals surface area contributed by atoms with Crippen LogP contribution < -0.4 is 5.73 Å². The number of hydrogen-bond acceptors (Lipinski definition) is 2. The number of hydrogen-bond donors (Lipinski definition) is 1. The maximum Gasteiger partial charge on any atom is 0.390 e. The number of nitrogens with zero attached hydrogens (tertiary/aromatic N) is 1. The fourth-order valence-corrected chi connectivity index (χ4v) is 1.03. The predicted molar refractivity (Wildman–Crippen MR) is 49.0 cm³/mol. The minimum atomic E-state index is -4.40. The van der Waals surface area contributed by atoms with Crippen molar-refractivity contribution in [3.8, 4) is 0 Å². The SMILES string of the molecule is Cl.N[C@@H](CC(F)(F)F)c1cccnc1F. The van der Waals surface area contributed by atoms with E-state index in [4.69, 9.17) is 5.73 Å². The zero-order valence-corrected chi connectivity index (χ0v) is 8.28. The predicted octanol–water partition coefficient (Wildman–Crippen LogP) is 2.59. The third-order valence-corrected chi connectivity index (χ3v) is 1.64. The summed E-state index contributed by atoms with van der Waals surface area (Å²) in [7, 11) is 0. The van der Waals surface area contributed by atoms with Crippen molar-refractivity contribution in [2.75, 3.05) is 0 Å². The van der Waals surface area contributed by atoms with E-state index in [1.807, 2.05) is 0 Å². The van der Waals surface area contributed by atoms with Gasteiger partial charge in [-0.15, -0.1) is 12.4 Å². The van der Waals surface area contributed by atoms with E-state index in [1.165, 1.54) is 12.1 Å². The molecule has 1 atom stereocenters. The second kappa shape index (κ2) is 5.27. The Balaban J connectivity index is 0.00000196. The summed E-state index contributed by atoms with van der Waals surface area (Å²) in [5.74, 6) is -0.954. The summed E-state index contributed by atoms with van der Waals surface area (Å²) in [6.45, 7) is 0. The van der Waals surface area contributed by atoms with Crippen molar-refractivity contribution in [1.29, 1.82) is 0 Å². The molecule has 0 bridgehead atoms. The van der Waals surface area contributed by atoms with E-state index in [1.54, 1.807) is 0 Å². The van der Waals surface area contributed by atoms with Crippen LogP contribution >= 0.6 is 12.4 Å². The molecule has 0 aliphatic carbocycles. The first kappa shape index (κ1) is 14.1. The van der Waals surface area contributed by atoms with Crippen LogP contribution in [0.2, 0.25) is 0 Å².